The van der Waals surface area contributed by atoms with Crippen LogP contribution in [0.4, 0.5) is 0 Å². The van der Waals surface area contributed by atoms with Crippen LogP contribution in [0.3, 0.4) is 0 Å². The Bertz CT molecular complexity index is 712. The minimum absolute atomic E-state index is 0.0273. The fraction of sp³-hybridized carbons (Fsp3) is 0.471. The summed E-state index contributed by atoms with van der Waals surface area (Å²) in [5, 5.41) is 3.82. The average Bonchev–Trinajstić information content (AvgIpc) is 2.97. The van der Waals surface area contributed by atoms with Crippen molar-refractivity contribution < 1.29 is 14.3 Å². The van der Waals surface area contributed by atoms with Gasteiger partial charge < -0.3 is 9.47 Å². The van der Waals surface area contributed by atoms with Crippen molar-refractivity contribution in [1.82, 2.24) is 14.5 Å². The number of esters is 1. The van der Waals surface area contributed by atoms with Gasteiger partial charge in [-0.05, 0) is 31.5 Å². The Morgan fingerprint density at radius 2 is 2.00 bits per heavy atom. The molecule has 2 heterocycles. The number of carbonyl (C=O) groups is 1. The topological polar surface area (TPSA) is 64.6 Å². The van der Waals surface area contributed by atoms with E-state index in [2.05, 4.69) is 28.3 Å². The predicted octanol–water partition coefficient (Wildman–Crippen LogP) is 3.16. The number of aromatic nitrogens is 2. The maximum atomic E-state index is 12.1. The fourth-order valence-electron chi connectivity index (χ4n) is 2.92. The monoisotopic (exact) mass is 381 g/mol. The summed E-state index contributed by atoms with van der Waals surface area (Å²) in [4.78, 5) is 14.5. The van der Waals surface area contributed by atoms with Crippen molar-refractivity contribution in [2.75, 3.05) is 13.1 Å². The maximum Gasteiger partial charge on any atom is 0.338 e. The average molecular weight is 382 g/mol. The lowest BCUT2D eigenvalue weighted by Gasteiger charge is -2.35. The van der Waals surface area contributed by atoms with Crippen LogP contribution in [0.2, 0.25) is 4.34 Å². The summed E-state index contributed by atoms with van der Waals surface area (Å²) >= 11 is 6.96. The van der Waals surface area contributed by atoms with Gasteiger partial charge in [0.15, 0.2) is 0 Å². The zero-order valence-corrected chi connectivity index (χ0v) is 15.7. The van der Waals surface area contributed by atoms with Gasteiger partial charge >= 0.3 is 5.97 Å². The van der Waals surface area contributed by atoms with Gasteiger partial charge in [-0.15, -0.1) is 5.10 Å². The molecule has 25 heavy (non-hydrogen) atoms. The summed E-state index contributed by atoms with van der Waals surface area (Å²) in [6, 6.07) is 7.48. The number of ether oxygens (including phenoxy) is 2. The van der Waals surface area contributed by atoms with Crippen molar-refractivity contribution in [2.24, 2.45) is 0 Å². The van der Waals surface area contributed by atoms with Gasteiger partial charge in [-0.25, -0.2) is 4.79 Å². The highest BCUT2D eigenvalue weighted by Crippen LogP contribution is 2.19. The van der Waals surface area contributed by atoms with Crippen molar-refractivity contribution in [3.8, 4) is 0 Å². The van der Waals surface area contributed by atoms with Crippen LogP contribution < -0.4 is 0 Å². The molecule has 1 aliphatic heterocycles. The van der Waals surface area contributed by atoms with Crippen LogP contribution >= 0.6 is 23.1 Å². The molecule has 2 aromatic rings. The smallest absolute Gasteiger partial charge is 0.338 e. The second-order valence-electron chi connectivity index (χ2n) is 6.22. The first kappa shape index (κ1) is 18.3. The molecule has 8 heteroatoms. The van der Waals surface area contributed by atoms with Crippen molar-refractivity contribution in [3.05, 3.63) is 45.4 Å². The van der Waals surface area contributed by atoms with E-state index in [0.29, 0.717) is 15.6 Å². The molecule has 0 N–H and O–H groups in total. The van der Waals surface area contributed by atoms with Crippen LogP contribution in [0.1, 0.15) is 35.5 Å². The Balaban J connectivity index is 1.54. The van der Waals surface area contributed by atoms with Gasteiger partial charge in [-0.2, -0.15) is 0 Å². The van der Waals surface area contributed by atoms with E-state index in [0.717, 1.165) is 36.7 Å². The minimum Gasteiger partial charge on any atom is -0.455 e. The Morgan fingerprint density at radius 3 is 2.60 bits per heavy atom. The van der Waals surface area contributed by atoms with Gasteiger partial charge in [0.2, 0.25) is 0 Å². The first-order valence-corrected chi connectivity index (χ1v) is 9.27. The maximum absolute atomic E-state index is 12.1. The second kappa shape index (κ2) is 8.23. The summed E-state index contributed by atoms with van der Waals surface area (Å²) in [5.74, 6) is -0.399. The lowest BCUT2D eigenvalue weighted by atomic mass is 10.1. The number of morpholine rings is 1. The molecule has 2 atom stereocenters. The van der Waals surface area contributed by atoms with Crippen LogP contribution in [0.15, 0.2) is 24.3 Å². The van der Waals surface area contributed by atoms with Gasteiger partial charge in [-0.1, -0.05) is 28.2 Å². The van der Waals surface area contributed by atoms with Crippen LogP contribution in [-0.4, -0.2) is 45.8 Å². The van der Waals surface area contributed by atoms with Crippen molar-refractivity contribution >= 4 is 29.1 Å². The first-order chi connectivity index (χ1) is 12.0. The summed E-state index contributed by atoms with van der Waals surface area (Å²) < 4.78 is 15.1. The van der Waals surface area contributed by atoms with E-state index >= 15 is 0 Å². The SMILES string of the molecule is CC1CN(Cc2ccc(C(=O)OCc3nnsc3Cl)cc2)CC(C)O1. The highest BCUT2D eigenvalue weighted by Gasteiger charge is 2.22. The highest BCUT2D eigenvalue weighted by atomic mass is 35.5. The number of hydrogen-bond donors (Lipinski definition) is 0. The number of benzene rings is 1. The molecule has 1 aliphatic rings. The van der Waals surface area contributed by atoms with E-state index in [1.165, 1.54) is 0 Å². The number of hydrogen-bond acceptors (Lipinski definition) is 7. The molecule has 0 saturated carbocycles. The lowest BCUT2D eigenvalue weighted by molar-refractivity contribution is -0.0704. The molecule has 2 unspecified atom stereocenters. The molecule has 0 aliphatic carbocycles. The first-order valence-electron chi connectivity index (χ1n) is 8.12. The third-order valence-electron chi connectivity index (χ3n) is 3.94. The fourth-order valence-corrected chi connectivity index (χ4v) is 3.52. The van der Waals surface area contributed by atoms with Gasteiger partial charge in [0, 0.05) is 31.2 Å². The van der Waals surface area contributed by atoms with Crippen LogP contribution in [-0.2, 0) is 22.6 Å². The third kappa shape index (κ3) is 4.98. The van der Waals surface area contributed by atoms with E-state index in [1.54, 1.807) is 12.1 Å². The molecule has 3 rings (SSSR count). The van der Waals surface area contributed by atoms with E-state index in [4.69, 9.17) is 21.1 Å². The molecule has 6 nitrogen and oxygen atoms in total. The van der Waals surface area contributed by atoms with Crippen molar-refractivity contribution in [2.45, 2.75) is 39.2 Å². The number of nitrogens with zero attached hydrogens (tertiary/aromatic N) is 3. The number of halogens is 1. The van der Waals surface area contributed by atoms with Crippen molar-refractivity contribution in [1.29, 1.82) is 0 Å². The summed E-state index contributed by atoms with van der Waals surface area (Å²) in [5.41, 5.74) is 2.14. The molecule has 0 radical (unpaired) electrons. The number of carbonyl (C=O) groups excluding carboxylic acids is 1. The van der Waals surface area contributed by atoms with Crippen molar-refractivity contribution in [3.63, 3.8) is 0 Å². The Kier molecular flexibility index (Phi) is 6.01. The standard InChI is InChI=1S/C17H20ClN3O3S/c1-11-7-21(8-12(2)24-11)9-13-3-5-14(6-4-13)17(22)23-10-15-16(18)25-20-19-15/h3-6,11-12H,7-10H2,1-2H3. The second-order valence-corrected chi connectivity index (χ2v) is 7.57. The number of rotatable bonds is 5. The van der Waals surface area contributed by atoms with Gasteiger partial charge in [-0.3, -0.25) is 4.90 Å². The van der Waals surface area contributed by atoms with Crippen LogP contribution in [0, 0.1) is 0 Å². The molecular formula is C17H20ClN3O3S. The molecule has 1 saturated heterocycles. The molecule has 1 aromatic heterocycles. The van der Waals surface area contributed by atoms with E-state index < -0.39 is 5.97 Å². The highest BCUT2D eigenvalue weighted by molar-refractivity contribution is 7.10. The Hall–Kier alpha value is -1.54. The van der Waals surface area contributed by atoms with E-state index in [1.807, 2.05) is 12.1 Å². The summed E-state index contributed by atoms with van der Waals surface area (Å²) in [6.07, 6.45) is 0.482. The molecule has 0 bridgehead atoms. The van der Waals surface area contributed by atoms with Gasteiger partial charge in [0.1, 0.15) is 16.6 Å². The molecule has 0 spiro atoms. The Morgan fingerprint density at radius 1 is 1.32 bits per heavy atom. The van der Waals surface area contributed by atoms with E-state index in [9.17, 15) is 4.79 Å². The zero-order valence-electron chi connectivity index (χ0n) is 14.1. The molecule has 0 amide bonds. The van der Waals surface area contributed by atoms with Gasteiger partial charge in [0.25, 0.3) is 0 Å². The van der Waals surface area contributed by atoms with Gasteiger partial charge in [0.05, 0.1) is 17.8 Å². The molecule has 134 valence electrons. The minimum atomic E-state index is -0.399. The molecule has 1 aromatic carbocycles. The molecular weight excluding hydrogens is 362 g/mol. The van der Waals surface area contributed by atoms with E-state index in [-0.39, 0.29) is 18.8 Å². The molecule has 1 fully saturated rings. The van der Waals surface area contributed by atoms with Crippen LogP contribution in [0.5, 0.6) is 0 Å². The zero-order chi connectivity index (χ0) is 17.8. The largest absolute Gasteiger partial charge is 0.455 e. The lowest BCUT2D eigenvalue weighted by Crippen LogP contribution is -2.44. The quantitative estimate of drug-likeness (QED) is 0.741. The summed E-state index contributed by atoms with van der Waals surface area (Å²) in [6.45, 7) is 6.87. The summed E-state index contributed by atoms with van der Waals surface area (Å²) in [7, 11) is 0. The normalized spacial score (nSPS) is 21.2. The third-order valence-corrected chi connectivity index (χ3v) is 4.92. The Labute approximate surface area is 155 Å². The van der Waals surface area contributed by atoms with Crippen LogP contribution in [0.25, 0.3) is 0 Å². The predicted molar refractivity (Wildman–Crippen MR) is 95.8 cm³/mol.